The van der Waals surface area contributed by atoms with E-state index in [0.717, 1.165) is 11.4 Å². The van der Waals surface area contributed by atoms with Crippen LogP contribution < -0.4 is 10.1 Å². The number of rotatable bonds is 6. The highest BCUT2D eigenvalue weighted by Crippen LogP contribution is 2.17. The van der Waals surface area contributed by atoms with Crippen LogP contribution in [0.1, 0.15) is 27.6 Å². The summed E-state index contributed by atoms with van der Waals surface area (Å²) < 4.78 is 10.6. The molecule has 0 atom stereocenters. The summed E-state index contributed by atoms with van der Waals surface area (Å²) in [6.07, 6.45) is 3.04. The average Bonchev–Trinajstić information content (AvgIpc) is 3.07. The number of carbonyl (C=O) groups is 1. The zero-order valence-corrected chi connectivity index (χ0v) is 14.2. The molecule has 3 aromatic rings. The van der Waals surface area contributed by atoms with E-state index in [1.165, 1.54) is 18.5 Å². The SMILES string of the molecule is Cc1cccc(CNC(=O)c2cc(COc3cncc(Cl)c3)on2)n1. The van der Waals surface area contributed by atoms with Crippen molar-refractivity contribution in [3.63, 3.8) is 0 Å². The Kier molecular flexibility index (Phi) is 5.25. The zero-order chi connectivity index (χ0) is 17.6. The highest BCUT2D eigenvalue weighted by molar-refractivity contribution is 6.30. The molecular formula is C17H15ClN4O3. The Labute approximate surface area is 149 Å². The van der Waals surface area contributed by atoms with Gasteiger partial charge in [0.15, 0.2) is 11.5 Å². The molecule has 0 aliphatic carbocycles. The minimum atomic E-state index is -0.345. The number of nitrogens with zero attached hydrogens (tertiary/aromatic N) is 3. The third kappa shape index (κ3) is 4.77. The van der Waals surface area contributed by atoms with Crippen molar-refractivity contribution < 1.29 is 14.1 Å². The van der Waals surface area contributed by atoms with Crippen molar-refractivity contribution in [3.8, 4) is 5.75 Å². The van der Waals surface area contributed by atoms with Crippen LogP contribution in [-0.2, 0) is 13.2 Å². The van der Waals surface area contributed by atoms with Crippen molar-refractivity contribution in [2.45, 2.75) is 20.1 Å². The van der Waals surface area contributed by atoms with Gasteiger partial charge in [0.1, 0.15) is 12.4 Å². The highest BCUT2D eigenvalue weighted by atomic mass is 35.5. The Morgan fingerprint density at radius 3 is 3.00 bits per heavy atom. The molecule has 0 saturated carbocycles. The summed E-state index contributed by atoms with van der Waals surface area (Å²) in [6, 6.07) is 8.78. The van der Waals surface area contributed by atoms with E-state index >= 15 is 0 Å². The molecule has 1 amide bonds. The molecule has 3 rings (SSSR count). The maximum atomic E-state index is 12.1. The van der Waals surface area contributed by atoms with Crippen LogP contribution in [0.25, 0.3) is 0 Å². The molecule has 7 nitrogen and oxygen atoms in total. The summed E-state index contributed by atoms with van der Waals surface area (Å²) in [4.78, 5) is 20.3. The number of amides is 1. The number of pyridine rings is 2. The molecule has 0 fully saturated rings. The molecule has 1 N–H and O–H groups in total. The lowest BCUT2D eigenvalue weighted by molar-refractivity contribution is 0.0941. The van der Waals surface area contributed by atoms with Gasteiger partial charge in [0.25, 0.3) is 5.91 Å². The van der Waals surface area contributed by atoms with Gasteiger partial charge in [-0.15, -0.1) is 0 Å². The Bertz CT molecular complexity index is 882. The van der Waals surface area contributed by atoms with Gasteiger partial charge in [0.2, 0.25) is 0 Å². The number of aromatic nitrogens is 3. The Hall–Kier alpha value is -2.93. The van der Waals surface area contributed by atoms with Gasteiger partial charge in [0, 0.05) is 24.0 Å². The van der Waals surface area contributed by atoms with E-state index in [4.69, 9.17) is 20.9 Å². The second-order valence-electron chi connectivity index (χ2n) is 5.26. The maximum Gasteiger partial charge on any atom is 0.273 e. The van der Waals surface area contributed by atoms with Crippen LogP contribution in [0.3, 0.4) is 0 Å². The number of halogens is 1. The third-order valence-electron chi connectivity index (χ3n) is 3.23. The van der Waals surface area contributed by atoms with E-state index in [1.54, 1.807) is 6.07 Å². The number of nitrogens with one attached hydrogen (secondary N) is 1. The van der Waals surface area contributed by atoms with Crippen LogP contribution in [-0.4, -0.2) is 21.0 Å². The smallest absolute Gasteiger partial charge is 0.273 e. The molecule has 0 aliphatic heterocycles. The summed E-state index contributed by atoms with van der Waals surface area (Å²) in [5.74, 6) is 0.571. The van der Waals surface area contributed by atoms with Gasteiger partial charge in [-0.3, -0.25) is 14.8 Å². The molecule has 25 heavy (non-hydrogen) atoms. The fraction of sp³-hybridized carbons (Fsp3) is 0.176. The zero-order valence-electron chi connectivity index (χ0n) is 13.4. The number of aryl methyl sites for hydroxylation is 1. The van der Waals surface area contributed by atoms with Gasteiger partial charge in [0.05, 0.1) is 23.5 Å². The van der Waals surface area contributed by atoms with Gasteiger partial charge in [-0.05, 0) is 19.1 Å². The number of hydrogen-bond acceptors (Lipinski definition) is 6. The van der Waals surface area contributed by atoms with E-state index in [9.17, 15) is 4.79 Å². The van der Waals surface area contributed by atoms with Crippen LogP contribution in [0.5, 0.6) is 5.75 Å². The van der Waals surface area contributed by atoms with E-state index in [1.807, 2.05) is 25.1 Å². The second-order valence-corrected chi connectivity index (χ2v) is 5.70. The summed E-state index contributed by atoms with van der Waals surface area (Å²) in [6.45, 7) is 2.32. The van der Waals surface area contributed by atoms with Crippen molar-refractivity contribution >= 4 is 17.5 Å². The Morgan fingerprint density at radius 2 is 2.20 bits per heavy atom. The van der Waals surface area contributed by atoms with Crippen LogP contribution in [0.2, 0.25) is 5.02 Å². The molecule has 0 bridgehead atoms. The Balaban J connectivity index is 1.54. The fourth-order valence-electron chi connectivity index (χ4n) is 2.07. The first-order valence-electron chi connectivity index (χ1n) is 7.50. The minimum Gasteiger partial charge on any atom is -0.484 e. The lowest BCUT2D eigenvalue weighted by Gasteiger charge is -2.03. The van der Waals surface area contributed by atoms with Crippen LogP contribution in [0.15, 0.2) is 47.2 Å². The first kappa shape index (κ1) is 16.9. The van der Waals surface area contributed by atoms with E-state index in [2.05, 4.69) is 20.4 Å². The first-order valence-corrected chi connectivity index (χ1v) is 7.87. The summed E-state index contributed by atoms with van der Waals surface area (Å²) in [5.41, 5.74) is 1.84. The number of carbonyl (C=O) groups excluding carboxylic acids is 1. The molecule has 3 heterocycles. The largest absolute Gasteiger partial charge is 0.484 e. The quantitative estimate of drug-likeness (QED) is 0.728. The molecular weight excluding hydrogens is 344 g/mol. The molecule has 128 valence electrons. The molecule has 0 saturated heterocycles. The van der Waals surface area contributed by atoms with Gasteiger partial charge >= 0.3 is 0 Å². The van der Waals surface area contributed by atoms with Crippen molar-refractivity contribution in [1.29, 1.82) is 0 Å². The third-order valence-corrected chi connectivity index (χ3v) is 3.44. The number of ether oxygens (including phenoxy) is 1. The highest BCUT2D eigenvalue weighted by Gasteiger charge is 2.13. The normalized spacial score (nSPS) is 10.5. The Morgan fingerprint density at radius 1 is 1.32 bits per heavy atom. The predicted molar refractivity (Wildman–Crippen MR) is 90.2 cm³/mol. The lowest BCUT2D eigenvalue weighted by atomic mass is 10.3. The summed E-state index contributed by atoms with van der Waals surface area (Å²) in [7, 11) is 0. The van der Waals surface area contributed by atoms with E-state index in [0.29, 0.717) is 23.1 Å². The molecule has 0 radical (unpaired) electrons. The van der Waals surface area contributed by atoms with Crippen molar-refractivity contribution in [2.24, 2.45) is 0 Å². The molecule has 3 aromatic heterocycles. The predicted octanol–water partition coefficient (Wildman–Crippen LogP) is 2.94. The van der Waals surface area contributed by atoms with Crippen molar-refractivity contribution in [2.75, 3.05) is 0 Å². The minimum absolute atomic E-state index is 0.113. The molecule has 8 heteroatoms. The average molecular weight is 359 g/mol. The van der Waals surface area contributed by atoms with Crippen LogP contribution in [0.4, 0.5) is 0 Å². The molecule has 0 spiro atoms. The van der Waals surface area contributed by atoms with Gasteiger partial charge < -0.3 is 14.6 Å². The fourth-order valence-corrected chi connectivity index (χ4v) is 2.24. The monoisotopic (exact) mass is 358 g/mol. The summed E-state index contributed by atoms with van der Waals surface area (Å²) in [5, 5.41) is 6.96. The molecule has 0 aromatic carbocycles. The van der Waals surface area contributed by atoms with Gasteiger partial charge in [-0.2, -0.15) is 0 Å². The number of hydrogen-bond donors (Lipinski definition) is 1. The van der Waals surface area contributed by atoms with Gasteiger partial charge in [-0.1, -0.05) is 22.8 Å². The van der Waals surface area contributed by atoms with Crippen LogP contribution >= 0.6 is 11.6 Å². The summed E-state index contributed by atoms with van der Waals surface area (Å²) >= 11 is 5.83. The second kappa shape index (κ2) is 7.76. The van der Waals surface area contributed by atoms with Crippen LogP contribution in [0, 0.1) is 6.92 Å². The topological polar surface area (TPSA) is 90.1 Å². The van der Waals surface area contributed by atoms with Gasteiger partial charge in [-0.25, -0.2) is 0 Å². The lowest BCUT2D eigenvalue weighted by Crippen LogP contribution is -2.23. The molecule has 0 unspecified atom stereocenters. The standard InChI is InChI=1S/C17H15ClN4O3/c1-11-3-2-4-13(21-11)8-20-17(23)16-6-15(25-22-16)10-24-14-5-12(18)7-19-9-14/h2-7,9H,8,10H2,1H3,(H,20,23). The first-order chi connectivity index (χ1) is 12.1. The molecule has 0 aliphatic rings. The van der Waals surface area contributed by atoms with E-state index in [-0.39, 0.29) is 18.2 Å². The van der Waals surface area contributed by atoms with Crippen molar-refractivity contribution in [1.82, 2.24) is 20.4 Å². The van der Waals surface area contributed by atoms with Crippen molar-refractivity contribution in [3.05, 3.63) is 70.6 Å². The maximum absolute atomic E-state index is 12.1. The van der Waals surface area contributed by atoms with E-state index < -0.39 is 0 Å².